The van der Waals surface area contributed by atoms with Crippen molar-refractivity contribution < 1.29 is 0 Å². The Morgan fingerprint density at radius 2 is 2.16 bits per heavy atom. The first-order valence-corrected chi connectivity index (χ1v) is 8.59. The fourth-order valence-electron chi connectivity index (χ4n) is 2.41. The van der Waals surface area contributed by atoms with E-state index in [1.165, 1.54) is 4.88 Å². The molecule has 3 rings (SSSR count). The maximum absolute atomic E-state index is 6.10. The van der Waals surface area contributed by atoms with Crippen molar-refractivity contribution in [3.63, 3.8) is 0 Å². The molecule has 2 aromatic rings. The van der Waals surface area contributed by atoms with Gasteiger partial charge in [0.05, 0.1) is 16.9 Å². The molecule has 3 N–H and O–H groups in total. The third kappa shape index (κ3) is 5.18. The molecule has 0 radical (unpaired) electrons. The monoisotopic (exact) mass is 422 g/mol. The summed E-state index contributed by atoms with van der Waals surface area (Å²) >= 11 is 7.78. The number of hydrogen-bond donors (Lipinski definition) is 2. The molecule has 1 aliphatic rings. The highest BCUT2D eigenvalue weighted by Crippen LogP contribution is 2.35. The number of fused-ring (bicyclic) bond motifs is 1. The average Bonchev–Trinajstić information content (AvgIpc) is 2.82. The number of anilines is 1. The van der Waals surface area contributed by atoms with Crippen molar-refractivity contribution in [1.82, 2.24) is 14.9 Å². The van der Waals surface area contributed by atoms with Crippen LogP contribution in [-0.4, -0.2) is 40.5 Å². The van der Waals surface area contributed by atoms with Crippen molar-refractivity contribution >= 4 is 70.0 Å². The van der Waals surface area contributed by atoms with Crippen LogP contribution in [0.4, 0.5) is 5.82 Å². The summed E-state index contributed by atoms with van der Waals surface area (Å²) in [4.78, 5) is 16.2. The van der Waals surface area contributed by atoms with Crippen molar-refractivity contribution in [1.29, 1.82) is 0 Å². The van der Waals surface area contributed by atoms with Gasteiger partial charge < -0.3 is 16.0 Å². The molecular weight excluding hydrogens is 403 g/mol. The number of nitrogens with zero attached hydrogens (tertiary/aromatic N) is 4. The number of thiophene rings is 1. The molecule has 0 saturated heterocycles. The Hall–Kier alpha value is -1.12. The first kappa shape index (κ1) is 21.9. The standard InChI is InChI=1S/C15H19ClN6S.2ClH/c1-9(17)6-11-10(2)12-13(23-11)14(21-15(16)20-12)19-8-22-5-3-4-18-7-22;;/h3-5,9H,6-8,17H2,1-2H3,(H,19,20,21);2*1H. The zero-order valence-electron chi connectivity index (χ0n) is 13.9. The van der Waals surface area contributed by atoms with Crippen LogP contribution in [0.5, 0.6) is 0 Å². The van der Waals surface area contributed by atoms with Crippen molar-refractivity contribution in [2.75, 3.05) is 18.7 Å². The van der Waals surface area contributed by atoms with E-state index in [2.05, 4.69) is 27.2 Å². The van der Waals surface area contributed by atoms with E-state index in [1.807, 2.05) is 24.1 Å². The molecule has 0 amide bonds. The lowest BCUT2D eigenvalue weighted by atomic mass is 10.1. The summed E-state index contributed by atoms with van der Waals surface area (Å²) in [5, 5.41) is 3.59. The molecule has 0 spiro atoms. The predicted octanol–water partition coefficient (Wildman–Crippen LogP) is 3.61. The Bertz CT molecular complexity index is 774. The minimum Gasteiger partial charge on any atom is -0.351 e. The molecule has 1 atom stereocenters. The van der Waals surface area contributed by atoms with Crippen molar-refractivity contribution in [2.24, 2.45) is 10.7 Å². The Morgan fingerprint density at radius 1 is 1.40 bits per heavy atom. The van der Waals surface area contributed by atoms with Crippen molar-refractivity contribution in [2.45, 2.75) is 26.3 Å². The van der Waals surface area contributed by atoms with Crippen LogP contribution in [0.2, 0.25) is 5.28 Å². The minimum atomic E-state index is 0. The fraction of sp³-hybridized carbons (Fsp3) is 0.400. The molecule has 10 heteroatoms. The van der Waals surface area contributed by atoms with Crippen LogP contribution in [-0.2, 0) is 6.42 Å². The molecule has 0 aliphatic carbocycles. The molecule has 2 aromatic heterocycles. The van der Waals surface area contributed by atoms with Gasteiger partial charge in [-0.05, 0) is 43.5 Å². The van der Waals surface area contributed by atoms with Crippen LogP contribution >= 0.6 is 47.8 Å². The normalized spacial score (nSPS) is 14.2. The molecule has 25 heavy (non-hydrogen) atoms. The second kappa shape index (κ2) is 9.54. The number of allylic oxidation sites excluding steroid dienone is 1. The van der Waals surface area contributed by atoms with Gasteiger partial charge in [-0.3, -0.25) is 4.99 Å². The second-order valence-corrected chi connectivity index (χ2v) is 7.03. The summed E-state index contributed by atoms with van der Waals surface area (Å²) < 4.78 is 1.02. The van der Waals surface area contributed by atoms with E-state index in [0.717, 1.165) is 28.0 Å². The minimum absolute atomic E-state index is 0. The van der Waals surface area contributed by atoms with Gasteiger partial charge in [0.25, 0.3) is 0 Å². The van der Waals surface area contributed by atoms with Crippen molar-refractivity contribution in [3.8, 4) is 0 Å². The van der Waals surface area contributed by atoms with Crippen LogP contribution in [0.1, 0.15) is 17.4 Å². The third-order valence-electron chi connectivity index (χ3n) is 3.55. The van der Waals surface area contributed by atoms with E-state index in [1.54, 1.807) is 17.6 Å². The molecule has 0 aromatic carbocycles. The van der Waals surface area contributed by atoms with Crippen LogP contribution in [0.3, 0.4) is 0 Å². The highest BCUT2D eigenvalue weighted by molar-refractivity contribution is 7.19. The number of nitrogens with one attached hydrogen (secondary N) is 1. The summed E-state index contributed by atoms with van der Waals surface area (Å²) in [6.07, 6.45) is 6.51. The van der Waals surface area contributed by atoms with Gasteiger partial charge in [-0.2, -0.15) is 4.98 Å². The van der Waals surface area contributed by atoms with Crippen molar-refractivity contribution in [3.05, 3.63) is 28.0 Å². The lowest BCUT2D eigenvalue weighted by Crippen LogP contribution is -2.26. The first-order chi connectivity index (χ1) is 11.0. The fourth-order valence-corrected chi connectivity index (χ4v) is 3.93. The number of aromatic nitrogens is 2. The molecule has 1 unspecified atom stereocenters. The molecule has 0 fully saturated rings. The smallest absolute Gasteiger partial charge is 0.224 e. The number of nitrogens with two attached hydrogens (primary N) is 1. The summed E-state index contributed by atoms with van der Waals surface area (Å²) in [5.74, 6) is 0.756. The summed E-state index contributed by atoms with van der Waals surface area (Å²) in [6.45, 7) is 5.30. The Balaban J connectivity index is 0.00000156. The summed E-state index contributed by atoms with van der Waals surface area (Å²) in [6, 6.07) is 0.109. The Kier molecular flexibility index (Phi) is 8.37. The Morgan fingerprint density at radius 3 is 2.80 bits per heavy atom. The Labute approximate surface area is 168 Å². The van der Waals surface area contributed by atoms with Gasteiger partial charge in [-0.25, -0.2) is 4.98 Å². The molecule has 0 bridgehead atoms. The number of rotatable bonds is 5. The van der Waals surface area contributed by atoms with Crippen LogP contribution in [0.25, 0.3) is 10.2 Å². The molecule has 6 nitrogen and oxygen atoms in total. The molecule has 1 aliphatic heterocycles. The van der Waals surface area contributed by atoms with Crippen LogP contribution in [0.15, 0.2) is 17.3 Å². The van der Waals surface area contributed by atoms with E-state index >= 15 is 0 Å². The predicted molar refractivity (Wildman–Crippen MR) is 112 cm³/mol. The van der Waals surface area contributed by atoms with Gasteiger partial charge in [-0.1, -0.05) is 0 Å². The molecule has 138 valence electrons. The quantitative estimate of drug-likeness (QED) is 0.718. The van der Waals surface area contributed by atoms with E-state index in [4.69, 9.17) is 17.3 Å². The maximum atomic E-state index is 6.10. The second-order valence-electron chi connectivity index (χ2n) is 5.59. The van der Waals surface area contributed by atoms with E-state index in [0.29, 0.717) is 13.3 Å². The van der Waals surface area contributed by atoms with Crippen LogP contribution in [0, 0.1) is 6.92 Å². The third-order valence-corrected chi connectivity index (χ3v) is 5.02. The van der Waals surface area contributed by atoms with Gasteiger partial charge in [0.2, 0.25) is 5.28 Å². The maximum Gasteiger partial charge on any atom is 0.224 e. The molecular formula is C15H21Cl3N6S. The number of halogens is 3. The van der Waals surface area contributed by atoms with E-state index < -0.39 is 0 Å². The summed E-state index contributed by atoms with van der Waals surface area (Å²) in [5.41, 5.74) is 7.98. The number of aryl methyl sites for hydroxylation is 1. The topological polar surface area (TPSA) is 79.4 Å². The van der Waals surface area contributed by atoms with Gasteiger partial charge in [0.15, 0.2) is 0 Å². The van der Waals surface area contributed by atoms with Crippen LogP contribution < -0.4 is 11.1 Å². The highest BCUT2D eigenvalue weighted by Gasteiger charge is 2.16. The first-order valence-electron chi connectivity index (χ1n) is 7.40. The highest BCUT2D eigenvalue weighted by atomic mass is 35.5. The zero-order chi connectivity index (χ0) is 16.4. The summed E-state index contributed by atoms with van der Waals surface area (Å²) in [7, 11) is 0. The lowest BCUT2D eigenvalue weighted by Gasteiger charge is -2.20. The van der Waals surface area contributed by atoms with E-state index in [9.17, 15) is 0 Å². The largest absolute Gasteiger partial charge is 0.351 e. The average molecular weight is 424 g/mol. The molecule has 3 heterocycles. The zero-order valence-corrected chi connectivity index (χ0v) is 17.1. The number of aliphatic imine (C=N–C) groups is 1. The van der Waals surface area contributed by atoms with Gasteiger partial charge in [0, 0.05) is 23.3 Å². The van der Waals surface area contributed by atoms with Gasteiger partial charge in [0.1, 0.15) is 12.5 Å². The van der Waals surface area contributed by atoms with Gasteiger partial charge >= 0.3 is 0 Å². The SMILES string of the molecule is Cc1c(CC(C)N)sc2c(NCN3C=CC=NC3)nc(Cl)nc12.Cl.Cl. The van der Waals surface area contributed by atoms with E-state index in [-0.39, 0.29) is 36.1 Å². The molecule has 0 saturated carbocycles. The van der Waals surface area contributed by atoms with Gasteiger partial charge in [-0.15, -0.1) is 36.2 Å². The lowest BCUT2D eigenvalue weighted by molar-refractivity contribution is 0.413. The number of hydrogen-bond acceptors (Lipinski definition) is 7.